The summed E-state index contributed by atoms with van der Waals surface area (Å²) in [4.78, 5) is 7.14. The lowest BCUT2D eigenvalue weighted by atomic mass is 9.91. The van der Waals surface area contributed by atoms with Crippen LogP contribution in [-0.2, 0) is 0 Å². The molecule has 20 heavy (non-hydrogen) atoms. The monoisotopic (exact) mass is 394 g/mol. The van der Waals surface area contributed by atoms with E-state index in [-0.39, 0.29) is 29.5 Å². The van der Waals surface area contributed by atoms with Crippen molar-refractivity contribution < 1.29 is 0 Å². The third-order valence-corrected chi connectivity index (χ3v) is 4.54. The van der Waals surface area contributed by atoms with E-state index in [0.29, 0.717) is 0 Å². The fourth-order valence-corrected chi connectivity index (χ4v) is 3.01. The van der Waals surface area contributed by atoms with Crippen molar-refractivity contribution in [1.82, 2.24) is 15.5 Å². The van der Waals surface area contributed by atoms with Gasteiger partial charge in [-0.25, -0.2) is 0 Å². The molecule has 0 aromatic carbocycles. The lowest BCUT2D eigenvalue weighted by Gasteiger charge is -2.44. The molecule has 2 heterocycles. The zero-order valence-electron chi connectivity index (χ0n) is 13.2. The predicted octanol–water partition coefficient (Wildman–Crippen LogP) is 2.44. The molecule has 5 heteroatoms. The molecule has 1 unspecified atom stereocenters. The summed E-state index contributed by atoms with van der Waals surface area (Å²) in [6.07, 6.45) is 5.22. The van der Waals surface area contributed by atoms with E-state index in [9.17, 15) is 0 Å². The molecule has 2 aliphatic rings. The van der Waals surface area contributed by atoms with Crippen LogP contribution in [0.3, 0.4) is 0 Å². The normalized spacial score (nSPS) is 24.4. The smallest absolute Gasteiger partial charge is 0.191 e. The maximum atomic E-state index is 4.48. The molecule has 2 N–H and O–H groups in total. The number of hydrogen-bond donors (Lipinski definition) is 2. The van der Waals surface area contributed by atoms with Crippen LogP contribution < -0.4 is 10.6 Å². The Balaban J connectivity index is 0.00000200. The lowest BCUT2D eigenvalue weighted by molar-refractivity contribution is 0.0679. The molecule has 0 spiro atoms. The molecule has 0 bridgehead atoms. The van der Waals surface area contributed by atoms with Gasteiger partial charge in [0.1, 0.15) is 0 Å². The first-order valence-electron chi connectivity index (χ1n) is 7.89. The number of rotatable bonds is 4. The van der Waals surface area contributed by atoms with Crippen LogP contribution in [0.5, 0.6) is 0 Å². The summed E-state index contributed by atoms with van der Waals surface area (Å²) in [5.74, 6) is 1.88. The molecular formula is C15H31IN4. The molecule has 0 amide bonds. The summed E-state index contributed by atoms with van der Waals surface area (Å²) < 4.78 is 0. The van der Waals surface area contributed by atoms with Crippen LogP contribution in [0.25, 0.3) is 0 Å². The Morgan fingerprint density at radius 1 is 1.40 bits per heavy atom. The van der Waals surface area contributed by atoms with Gasteiger partial charge in [0.05, 0.1) is 0 Å². The Hall–Kier alpha value is -0.0400. The van der Waals surface area contributed by atoms with Crippen molar-refractivity contribution >= 4 is 29.9 Å². The average molecular weight is 394 g/mol. The van der Waals surface area contributed by atoms with Gasteiger partial charge >= 0.3 is 0 Å². The van der Waals surface area contributed by atoms with Crippen LogP contribution in [-0.4, -0.2) is 49.1 Å². The third-order valence-electron chi connectivity index (χ3n) is 4.54. The highest BCUT2D eigenvalue weighted by molar-refractivity contribution is 14.0. The number of halogens is 1. The number of piperidine rings is 1. The van der Waals surface area contributed by atoms with Crippen molar-refractivity contribution in [3.05, 3.63) is 0 Å². The highest BCUT2D eigenvalue weighted by Crippen LogP contribution is 2.25. The molecule has 0 aromatic rings. The van der Waals surface area contributed by atoms with E-state index in [4.69, 9.17) is 0 Å². The van der Waals surface area contributed by atoms with Crippen LogP contribution in [0.2, 0.25) is 0 Å². The molecule has 0 saturated carbocycles. The maximum Gasteiger partial charge on any atom is 0.191 e. The van der Waals surface area contributed by atoms with Crippen LogP contribution >= 0.6 is 24.0 Å². The zero-order valence-corrected chi connectivity index (χ0v) is 15.6. The summed E-state index contributed by atoms with van der Waals surface area (Å²) >= 11 is 0. The fraction of sp³-hybridized carbons (Fsp3) is 0.933. The zero-order chi connectivity index (χ0) is 13.7. The van der Waals surface area contributed by atoms with Gasteiger partial charge in [0.25, 0.3) is 0 Å². The Bertz CT molecular complexity index is 317. The quantitative estimate of drug-likeness (QED) is 0.720. The Labute approximate surface area is 141 Å². The van der Waals surface area contributed by atoms with Gasteiger partial charge in [0.2, 0.25) is 0 Å². The van der Waals surface area contributed by atoms with Crippen molar-refractivity contribution in [2.24, 2.45) is 10.9 Å². The van der Waals surface area contributed by atoms with E-state index >= 15 is 0 Å². The minimum Gasteiger partial charge on any atom is -0.356 e. The molecule has 0 aliphatic carbocycles. The van der Waals surface area contributed by atoms with E-state index in [1.54, 1.807) is 0 Å². The molecule has 4 nitrogen and oxygen atoms in total. The van der Waals surface area contributed by atoms with Crippen LogP contribution in [0.15, 0.2) is 4.99 Å². The summed E-state index contributed by atoms with van der Waals surface area (Å²) in [5.41, 5.74) is 0.204. The molecule has 0 radical (unpaired) electrons. The average Bonchev–Trinajstić information content (AvgIpc) is 2.46. The van der Waals surface area contributed by atoms with Crippen molar-refractivity contribution in [1.29, 1.82) is 0 Å². The molecule has 1 saturated heterocycles. The second-order valence-electron chi connectivity index (χ2n) is 6.54. The maximum absolute atomic E-state index is 4.48. The van der Waals surface area contributed by atoms with Gasteiger partial charge in [-0.15, -0.1) is 24.0 Å². The van der Waals surface area contributed by atoms with Gasteiger partial charge < -0.3 is 10.6 Å². The minimum atomic E-state index is 0. The fourth-order valence-electron chi connectivity index (χ4n) is 3.01. The third kappa shape index (κ3) is 5.06. The number of nitrogens with one attached hydrogen (secondary N) is 2. The van der Waals surface area contributed by atoms with Crippen molar-refractivity contribution in [2.75, 3.05) is 32.7 Å². The Kier molecular flexibility index (Phi) is 7.58. The van der Waals surface area contributed by atoms with E-state index in [0.717, 1.165) is 37.9 Å². The van der Waals surface area contributed by atoms with Gasteiger partial charge in [-0.3, -0.25) is 9.89 Å². The van der Waals surface area contributed by atoms with E-state index in [1.165, 1.54) is 32.4 Å². The molecule has 118 valence electrons. The molecule has 2 aliphatic heterocycles. The Morgan fingerprint density at radius 3 is 2.85 bits per heavy atom. The molecule has 2 rings (SSSR count). The molecular weight excluding hydrogens is 363 g/mol. The summed E-state index contributed by atoms with van der Waals surface area (Å²) in [6.45, 7) is 12.5. The Morgan fingerprint density at radius 2 is 2.20 bits per heavy atom. The van der Waals surface area contributed by atoms with Gasteiger partial charge in [0, 0.05) is 31.7 Å². The number of aliphatic imine (C=N–C) groups is 1. The number of likely N-dealkylation sites (tertiary alicyclic amines) is 1. The topological polar surface area (TPSA) is 39.7 Å². The van der Waals surface area contributed by atoms with Crippen molar-refractivity contribution in [2.45, 2.75) is 52.0 Å². The molecule has 0 aromatic heterocycles. The molecule has 1 fully saturated rings. The standard InChI is InChI=1S/C15H30N4.HI/c1-4-13-7-5-10-19(11-13)15(2,3)12-18-14-16-8-6-9-17-14;/h13H,4-12H2,1-3H3,(H2,16,17,18);1H. The van der Waals surface area contributed by atoms with Crippen molar-refractivity contribution in [3.63, 3.8) is 0 Å². The highest BCUT2D eigenvalue weighted by atomic mass is 127. The first-order valence-corrected chi connectivity index (χ1v) is 7.89. The first kappa shape index (κ1) is 18.0. The van der Waals surface area contributed by atoms with Gasteiger partial charge in [-0.1, -0.05) is 13.3 Å². The van der Waals surface area contributed by atoms with Crippen LogP contribution in [0.1, 0.15) is 46.5 Å². The largest absolute Gasteiger partial charge is 0.356 e. The van der Waals surface area contributed by atoms with Gasteiger partial charge in [-0.2, -0.15) is 0 Å². The van der Waals surface area contributed by atoms with E-state index in [1.807, 2.05) is 0 Å². The van der Waals surface area contributed by atoms with Gasteiger partial charge in [-0.05, 0) is 45.6 Å². The number of hydrogen-bond acceptors (Lipinski definition) is 4. The number of nitrogens with zero attached hydrogens (tertiary/aromatic N) is 2. The predicted molar refractivity (Wildman–Crippen MR) is 97.0 cm³/mol. The second-order valence-corrected chi connectivity index (χ2v) is 6.54. The van der Waals surface area contributed by atoms with Crippen LogP contribution in [0.4, 0.5) is 0 Å². The highest BCUT2D eigenvalue weighted by Gasteiger charge is 2.30. The minimum absolute atomic E-state index is 0. The summed E-state index contributed by atoms with van der Waals surface area (Å²) in [7, 11) is 0. The van der Waals surface area contributed by atoms with Gasteiger partial charge in [0.15, 0.2) is 5.96 Å². The summed E-state index contributed by atoms with van der Waals surface area (Å²) in [5, 5.41) is 6.82. The first-order chi connectivity index (χ1) is 9.12. The molecule has 1 atom stereocenters. The van der Waals surface area contributed by atoms with Crippen LogP contribution in [0, 0.1) is 5.92 Å². The van der Waals surface area contributed by atoms with E-state index in [2.05, 4.69) is 41.3 Å². The number of guanidine groups is 1. The van der Waals surface area contributed by atoms with E-state index < -0.39 is 0 Å². The lowest BCUT2D eigenvalue weighted by Crippen LogP contribution is -2.56. The summed E-state index contributed by atoms with van der Waals surface area (Å²) in [6, 6.07) is 0. The SMILES string of the molecule is CCC1CCCN(C(C)(C)CNC2=NCCCN2)C1.I. The second kappa shape index (κ2) is 8.41. The van der Waals surface area contributed by atoms with Crippen molar-refractivity contribution in [3.8, 4) is 0 Å².